The van der Waals surface area contributed by atoms with Crippen LogP contribution in [-0.4, -0.2) is 57.0 Å². The molecule has 4 heterocycles. The summed E-state index contributed by atoms with van der Waals surface area (Å²) in [5, 5.41) is 7.04. The van der Waals surface area contributed by atoms with E-state index in [2.05, 4.69) is 20.1 Å². The fraction of sp³-hybridized carbons (Fsp3) is 0.296. The molecule has 4 aromatic rings. The van der Waals surface area contributed by atoms with Gasteiger partial charge >= 0.3 is 0 Å². The van der Waals surface area contributed by atoms with E-state index in [-0.39, 0.29) is 34.7 Å². The maximum atomic E-state index is 13.4. The van der Waals surface area contributed by atoms with Crippen molar-refractivity contribution in [1.82, 2.24) is 24.5 Å². The summed E-state index contributed by atoms with van der Waals surface area (Å²) in [5.41, 5.74) is 10.0. The number of rotatable bonds is 7. The van der Waals surface area contributed by atoms with Gasteiger partial charge in [-0.2, -0.15) is 0 Å². The molecule has 12 nitrogen and oxygen atoms in total. The van der Waals surface area contributed by atoms with E-state index in [0.717, 1.165) is 24.8 Å². The number of anilines is 3. The fourth-order valence-electron chi connectivity index (χ4n) is 5.21. The molecule has 0 spiro atoms. The van der Waals surface area contributed by atoms with Crippen LogP contribution in [-0.2, 0) is 16.6 Å². The molecule has 13 heteroatoms. The number of aryl methyl sites for hydroxylation is 1. The number of nitrogens with one attached hydrogen (secondary N) is 2. The maximum absolute atomic E-state index is 13.4. The standard InChI is InChI=1S/C27H28N8O4S/c1-14-10-19(6-8-29-14)30-26(36)23-24(28)32-35-9-7-20(31-25(23)35)17-11-18-13-34(15(2)16-4-5-16)27(37)22(18)21(12-17)33-40(3,38)39/h6-12,15-16,33H,4-5,13H2,1-3H3,(H2,28,32)(H,29,30,36). The Hall–Kier alpha value is -4.52. The number of hydrogen-bond acceptors (Lipinski definition) is 8. The van der Waals surface area contributed by atoms with Crippen LogP contribution < -0.4 is 15.8 Å². The fourth-order valence-corrected chi connectivity index (χ4v) is 5.77. The molecule has 2 aliphatic rings. The molecule has 1 aliphatic carbocycles. The lowest BCUT2D eigenvalue weighted by atomic mass is 10.0. The van der Waals surface area contributed by atoms with Crippen LogP contribution in [0, 0.1) is 12.8 Å². The van der Waals surface area contributed by atoms with Gasteiger partial charge in [0.15, 0.2) is 11.5 Å². The van der Waals surface area contributed by atoms with Crippen molar-refractivity contribution in [2.45, 2.75) is 39.3 Å². The van der Waals surface area contributed by atoms with E-state index in [9.17, 15) is 18.0 Å². The molecule has 0 radical (unpaired) electrons. The molecule has 1 saturated carbocycles. The summed E-state index contributed by atoms with van der Waals surface area (Å²) in [6.07, 6.45) is 6.43. The number of fused-ring (bicyclic) bond motifs is 2. The first-order chi connectivity index (χ1) is 19.0. The minimum atomic E-state index is -3.67. The lowest BCUT2D eigenvalue weighted by Gasteiger charge is -2.24. The molecule has 40 heavy (non-hydrogen) atoms. The number of nitrogens with two attached hydrogens (primary N) is 1. The molecule has 1 atom stereocenters. The van der Waals surface area contributed by atoms with Crippen LogP contribution in [0.15, 0.2) is 42.7 Å². The minimum Gasteiger partial charge on any atom is -0.381 e. The first kappa shape index (κ1) is 25.7. The molecule has 1 unspecified atom stereocenters. The molecule has 206 valence electrons. The highest BCUT2D eigenvalue weighted by atomic mass is 32.2. The second-order valence-corrected chi connectivity index (χ2v) is 12.2. The molecule has 3 aromatic heterocycles. The Kier molecular flexibility index (Phi) is 5.98. The van der Waals surface area contributed by atoms with Gasteiger partial charge in [0.1, 0.15) is 5.56 Å². The second-order valence-electron chi connectivity index (χ2n) is 10.4. The summed E-state index contributed by atoms with van der Waals surface area (Å²) in [6, 6.07) is 8.60. The number of hydrogen-bond donors (Lipinski definition) is 3. The lowest BCUT2D eigenvalue weighted by Crippen LogP contribution is -2.34. The highest BCUT2D eigenvalue weighted by Gasteiger charge is 2.40. The van der Waals surface area contributed by atoms with Gasteiger partial charge in [-0.1, -0.05) is 0 Å². The molecule has 0 saturated heterocycles. The molecule has 2 amide bonds. The van der Waals surface area contributed by atoms with Crippen molar-refractivity contribution in [3.05, 3.63) is 65.1 Å². The van der Waals surface area contributed by atoms with Gasteiger partial charge < -0.3 is 16.0 Å². The SMILES string of the molecule is Cc1cc(NC(=O)c2c(N)nn3ccc(-c4cc5c(c(NS(C)(=O)=O)c4)C(=O)N(C(C)C4CC4)C5)nc23)ccn1. The molecular formula is C27H28N8O4S. The smallest absolute Gasteiger partial charge is 0.263 e. The monoisotopic (exact) mass is 560 g/mol. The quantitative estimate of drug-likeness (QED) is 0.310. The predicted molar refractivity (Wildman–Crippen MR) is 150 cm³/mol. The number of sulfonamides is 1. The molecule has 1 fully saturated rings. The van der Waals surface area contributed by atoms with E-state index >= 15 is 0 Å². The summed E-state index contributed by atoms with van der Waals surface area (Å²) >= 11 is 0. The number of carbonyl (C=O) groups is 2. The summed E-state index contributed by atoms with van der Waals surface area (Å²) < 4.78 is 28.4. The zero-order valence-corrected chi connectivity index (χ0v) is 23.0. The average Bonchev–Trinajstić information content (AvgIpc) is 3.59. The lowest BCUT2D eigenvalue weighted by molar-refractivity contribution is 0.0698. The molecular weight excluding hydrogens is 532 g/mol. The molecule has 1 aliphatic heterocycles. The van der Waals surface area contributed by atoms with Crippen molar-refractivity contribution in [2.75, 3.05) is 22.0 Å². The summed E-state index contributed by atoms with van der Waals surface area (Å²) in [5.74, 6) is -0.200. The topological polar surface area (TPSA) is 165 Å². The highest BCUT2D eigenvalue weighted by Crippen LogP contribution is 2.41. The van der Waals surface area contributed by atoms with Crippen LogP contribution in [0.3, 0.4) is 0 Å². The maximum Gasteiger partial charge on any atom is 0.263 e. The van der Waals surface area contributed by atoms with Gasteiger partial charge in [-0.3, -0.25) is 19.3 Å². The van der Waals surface area contributed by atoms with Crippen LogP contribution in [0.1, 0.15) is 51.7 Å². The van der Waals surface area contributed by atoms with Crippen molar-refractivity contribution in [2.24, 2.45) is 5.92 Å². The molecule has 1 aromatic carbocycles. The number of amides is 2. The summed E-state index contributed by atoms with van der Waals surface area (Å²) in [7, 11) is -3.67. The Balaban J connectivity index is 1.42. The largest absolute Gasteiger partial charge is 0.381 e. The number of nitrogens with zero attached hydrogens (tertiary/aromatic N) is 5. The average molecular weight is 561 g/mol. The zero-order chi connectivity index (χ0) is 28.3. The van der Waals surface area contributed by atoms with Crippen molar-refractivity contribution in [1.29, 1.82) is 0 Å². The number of pyridine rings is 1. The van der Waals surface area contributed by atoms with Gasteiger partial charge in [-0.05, 0) is 68.5 Å². The first-order valence-corrected chi connectivity index (χ1v) is 14.7. The Morgan fingerprint density at radius 2 is 1.98 bits per heavy atom. The third-order valence-electron chi connectivity index (χ3n) is 7.32. The minimum absolute atomic E-state index is 0.0108. The van der Waals surface area contributed by atoms with E-state index < -0.39 is 15.9 Å². The van der Waals surface area contributed by atoms with Gasteiger partial charge in [-0.15, -0.1) is 5.10 Å². The highest BCUT2D eigenvalue weighted by molar-refractivity contribution is 7.92. The van der Waals surface area contributed by atoms with E-state index in [4.69, 9.17) is 10.7 Å². The van der Waals surface area contributed by atoms with Crippen LogP contribution in [0.4, 0.5) is 17.2 Å². The number of carbonyl (C=O) groups excluding carboxylic acids is 2. The Bertz CT molecular complexity index is 1810. The van der Waals surface area contributed by atoms with Gasteiger partial charge in [0.25, 0.3) is 11.8 Å². The van der Waals surface area contributed by atoms with Crippen LogP contribution in [0.25, 0.3) is 16.9 Å². The van der Waals surface area contributed by atoms with E-state index in [1.165, 1.54) is 4.52 Å². The van der Waals surface area contributed by atoms with Crippen LogP contribution >= 0.6 is 0 Å². The normalized spacial score (nSPS) is 15.8. The summed E-state index contributed by atoms with van der Waals surface area (Å²) in [4.78, 5) is 37.2. The third kappa shape index (κ3) is 4.72. The van der Waals surface area contributed by atoms with Crippen molar-refractivity contribution < 1.29 is 18.0 Å². The van der Waals surface area contributed by atoms with Gasteiger partial charge in [0, 0.05) is 41.9 Å². The molecule has 0 bridgehead atoms. The van der Waals surface area contributed by atoms with Crippen molar-refractivity contribution >= 4 is 44.7 Å². The van der Waals surface area contributed by atoms with E-state index in [1.807, 2.05) is 19.9 Å². The van der Waals surface area contributed by atoms with E-state index in [1.54, 1.807) is 41.6 Å². The molecule has 4 N–H and O–H groups in total. The van der Waals surface area contributed by atoms with Gasteiger partial charge in [-0.25, -0.2) is 17.9 Å². The third-order valence-corrected chi connectivity index (χ3v) is 7.91. The van der Waals surface area contributed by atoms with Crippen LogP contribution in [0.5, 0.6) is 0 Å². The Labute approximate surface area is 230 Å². The summed E-state index contributed by atoms with van der Waals surface area (Å²) in [6.45, 7) is 4.22. The zero-order valence-electron chi connectivity index (χ0n) is 22.2. The van der Waals surface area contributed by atoms with Gasteiger partial charge in [0.05, 0.1) is 23.2 Å². The number of nitrogen functional groups attached to an aromatic ring is 1. The number of benzene rings is 1. The first-order valence-electron chi connectivity index (χ1n) is 12.8. The number of aromatic nitrogens is 4. The van der Waals surface area contributed by atoms with Crippen molar-refractivity contribution in [3.8, 4) is 11.3 Å². The Morgan fingerprint density at radius 1 is 1.20 bits per heavy atom. The van der Waals surface area contributed by atoms with Crippen LogP contribution in [0.2, 0.25) is 0 Å². The second kappa shape index (κ2) is 9.30. The van der Waals surface area contributed by atoms with Crippen molar-refractivity contribution in [3.63, 3.8) is 0 Å². The molecule has 6 rings (SSSR count). The Morgan fingerprint density at radius 3 is 2.67 bits per heavy atom. The van der Waals surface area contributed by atoms with Gasteiger partial charge in [0.2, 0.25) is 10.0 Å². The predicted octanol–water partition coefficient (Wildman–Crippen LogP) is 3.06. The van der Waals surface area contributed by atoms with E-state index in [0.29, 0.717) is 40.5 Å².